The van der Waals surface area contributed by atoms with E-state index in [4.69, 9.17) is 4.74 Å². The first kappa shape index (κ1) is 17.8. The molecule has 0 bridgehead atoms. The molecule has 5 rings (SSSR count). The van der Waals surface area contributed by atoms with E-state index >= 15 is 0 Å². The molecule has 0 radical (unpaired) electrons. The number of azo groups is 1. The van der Waals surface area contributed by atoms with Gasteiger partial charge in [-0.05, 0) is 18.9 Å². The maximum Gasteiger partial charge on any atom is 0.275 e. The number of hydrogen-bond acceptors (Lipinski definition) is 9. The van der Waals surface area contributed by atoms with E-state index < -0.39 is 0 Å². The third kappa shape index (κ3) is 3.58. The largest absolute Gasteiger partial charge is 0.493 e. The Bertz CT molecular complexity index is 1040. The fourth-order valence-corrected chi connectivity index (χ4v) is 3.66. The van der Waals surface area contributed by atoms with Gasteiger partial charge in [-0.25, -0.2) is 0 Å². The Balaban J connectivity index is 1.51. The minimum atomic E-state index is -0.0304. The Morgan fingerprint density at radius 1 is 0.897 bits per heavy atom. The molecular weight excluding hydrogens is 372 g/mol. The third-order valence-electron chi connectivity index (χ3n) is 5.18. The topological polar surface area (TPSA) is 115 Å². The van der Waals surface area contributed by atoms with Gasteiger partial charge in [0.05, 0.1) is 18.7 Å². The number of anilines is 2. The van der Waals surface area contributed by atoms with Crippen molar-refractivity contribution >= 4 is 34.4 Å². The van der Waals surface area contributed by atoms with Crippen molar-refractivity contribution < 1.29 is 9.84 Å². The second kappa shape index (κ2) is 7.63. The van der Waals surface area contributed by atoms with Crippen molar-refractivity contribution in [3.8, 4) is 5.88 Å². The lowest BCUT2D eigenvalue weighted by Gasteiger charge is -2.27. The molecule has 1 aromatic carbocycles. The van der Waals surface area contributed by atoms with Crippen LogP contribution in [0.1, 0.15) is 12.8 Å². The Hall–Kier alpha value is -3.27. The zero-order valence-corrected chi connectivity index (χ0v) is 16.0. The monoisotopic (exact) mass is 394 g/mol. The van der Waals surface area contributed by atoms with E-state index in [1.165, 1.54) is 0 Å². The number of benzene rings is 1. The smallest absolute Gasteiger partial charge is 0.275 e. The van der Waals surface area contributed by atoms with Gasteiger partial charge in [0.2, 0.25) is 17.8 Å². The summed E-state index contributed by atoms with van der Waals surface area (Å²) in [5.74, 6) is 1.41. The number of nitrogens with zero attached hydrogens (tertiary/aromatic N) is 7. The molecule has 0 atom stereocenters. The molecule has 0 saturated carbocycles. The Morgan fingerprint density at radius 3 is 2.34 bits per heavy atom. The van der Waals surface area contributed by atoms with E-state index in [1.807, 2.05) is 24.3 Å². The number of aromatic hydroxyl groups is 1. The molecule has 0 spiro atoms. The first-order chi connectivity index (χ1) is 14.3. The highest BCUT2D eigenvalue weighted by atomic mass is 16.5. The average molecular weight is 394 g/mol. The van der Waals surface area contributed by atoms with Crippen molar-refractivity contribution in [1.82, 2.24) is 19.9 Å². The SMILES string of the molecule is Oc1[nH]c2ccccc2c1N=Nc1nc(N2CCCC2)nc(N2CCOCC2)n1. The summed E-state index contributed by atoms with van der Waals surface area (Å²) in [6.45, 7) is 4.58. The second-order valence-electron chi connectivity index (χ2n) is 7.10. The van der Waals surface area contributed by atoms with Crippen molar-refractivity contribution in [3.63, 3.8) is 0 Å². The van der Waals surface area contributed by atoms with Crippen LogP contribution < -0.4 is 9.80 Å². The summed E-state index contributed by atoms with van der Waals surface area (Å²) in [4.78, 5) is 20.8. The number of fused-ring (bicyclic) bond motifs is 1. The van der Waals surface area contributed by atoms with Gasteiger partial charge in [0.1, 0.15) is 0 Å². The number of hydrogen-bond donors (Lipinski definition) is 2. The quantitative estimate of drug-likeness (QED) is 0.654. The van der Waals surface area contributed by atoms with Crippen LogP contribution >= 0.6 is 0 Å². The van der Waals surface area contributed by atoms with Gasteiger partial charge in [-0.3, -0.25) is 0 Å². The molecule has 150 valence electrons. The van der Waals surface area contributed by atoms with Gasteiger partial charge >= 0.3 is 0 Å². The number of aromatic amines is 1. The molecule has 10 heteroatoms. The van der Waals surface area contributed by atoms with Crippen LogP contribution in [0, 0.1) is 0 Å². The second-order valence-corrected chi connectivity index (χ2v) is 7.10. The summed E-state index contributed by atoms with van der Waals surface area (Å²) in [7, 11) is 0. The lowest BCUT2D eigenvalue weighted by atomic mass is 10.2. The van der Waals surface area contributed by atoms with Gasteiger partial charge in [0.15, 0.2) is 5.69 Å². The molecule has 2 aliphatic heterocycles. The van der Waals surface area contributed by atoms with E-state index in [0.717, 1.165) is 49.9 Å². The predicted octanol–water partition coefficient (Wildman–Crippen LogP) is 2.91. The van der Waals surface area contributed by atoms with Crippen LogP contribution in [-0.4, -0.2) is 64.4 Å². The van der Waals surface area contributed by atoms with Gasteiger partial charge in [0, 0.05) is 31.6 Å². The lowest BCUT2D eigenvalue weighted by molar-refractivity contribution is 0.122. The minimum Gasteiger partial charge on any atom is -0.493 e. The lowest BCUT2D eigenvalue weighted by Crippen LogP contribution is -2.37. The van der Waals surface area contributed by atoms with Crippen molar-refractivity contribution in [1.29, 1.82) is 0 Å². The molecule has 2 fully saturated rings. The summed E-state index contributed by atoms with van der Waals surface area (Å²) in [6.07, 6.45) is 2.25. The van der Waals surface area contributed by atoms with Gasteiger partial charge in [-0.1, -0.05) is 18.2 Å². The molecule has 29 heavy (non-hydrogen) atoms. The maximum absolute atomic E-state index is 10.2. The molecule has 0 aliphatic carbocycles. The van der Waals surface area contributed by atoms with Crippen LogP contribution in [0.15, 0.2) is 34.5 Å². The van der Waals surface area contributed by atoms with Crippen LogP contribution in [-0.2, 0) is 4.74 Å². The highest BCUT2D eigenvalue weighted by molar-refractivity contribution is 5.94. The van der Waals surface area contributed by atoms with Crippen LogP contribution in [0.5, 0.6) is 5.88 Å². The van der Waals surface area contributed by atoms with Crippen molar-refractivity contribution in [2.45, 2.75) is 12.8 Å². The molecule has 2 N–H and O–H groups in total. The van der Waals surface area contributed by atoms with E-state index in [2.05, 4.69) is 40.0 Å². The summed E-state index contributed by atoms with van der Waals surface area (Å²) < 4.78 is 5.44. The number of morpholine rings is 1. The molecule has 10 nitrogen and oxygen atoms in total. The summed E-state index contributed by atoms with van der Waals surface area (Å²) in [6, 6.07) is 7.53. The van der Waals surface area contributed by atoms with E-state index in [1.54, 1.807) is 0 Å². The summed E-state index contributed by atoms with van der Waals surface area (Å²) >= 11 is 0. The maximum atomic E-state index is 10.2. The number of rotatable bonds is 4. The van der Waals surface area contributed by atoms with E-state index in [-0.39, 0.29) is 11.8 Å². The zero-order chi connectivity index (χ0) is 19.6. The summed E-state index contributed by atoms with van der Waals surface area (Å²) in [5.41, 5.74) is 1.16. The van der Waals surface area contributed by atoms with Gasteiger partial charge in [-0.2, -0.15) is 15.0 Å². The van der Waals surface area contributed by atoms with Crippen LogP contribution in [0.2, 0.25) is 0 Å². The third-order valence-corrected chi connectivity index (χ3v) is 5.18. The van der Waals surface area contributed by atoms with Crippen LogP contribution in [0.4, 0.5) is 23.5 Å². The first-order valence-corrected chi connectivity index (χ1v) is 9.83. The van der Waals surface area contributed by atoms with Crippen LogP contribution in [0.3, 0.4) is 0 Å². The van der Waals surface area contributed by atoms with Crippen molar-refractivity contribution in [2.24, 2.45) is 10.2 Å². The number of nitrogens with one attached hydrogen (secondary N) is 1. The minimum absolute atomic E-state index is 0.0304. The molecule has 2 saturated heterocycles. The molecule has 0 unspecified atom stereocenters. The first-order valence-electron chi connectivity index (χ1n) is 9.83. The van der Waals surface area contributed by atoms with Gasteiger partial charge in [0.25, 0.3) is 5.95 Å². The fraction of sp³-hybridized carbons (Fsp3) is 0.421. The molecule has 3 aromatic rings. The van der Waals surface area contributed by atoms with Crippen LogP contribution in [0.25, 0.3) is 10.9 Å². The molecule has 0 amide bonds. The molecule has 4 heterocycles. The Morgan fingerprint density at radius 2 is 1.59 bits per heavy atom. The standard InChI is InChI=1S/C19H22N8O2/c28-16-15(13-5-1-2-6-14(13)20-16)24-25-17-21-18(26-7-3-4-8-26)23-19(22-17)27-9-11-29-12-10-27/h1-2,5-6,20,28H,3-4,7-12H2. The zero-order valence-electron chi connectivity index (χ0n) is 16.0. The Labute approximate surface area is 167 Å². The normalized spacial score (nSPS) is 17.7. The Kier molecular flexibility index (Phi) is 4.68. The number of para-hydroxylation sites is 1. The van der Waals surface area contributed by atoms with E-state index in [0.29, 0.717) is 30.8 Å². The fourth-order valence-electron chi connectivity index (χ4n) is 3.66. The highest BCUT2D eigenvalue weighted by Gasteiger charge is 2.21. The highest BCUT2D eigenvalue weighted by Crippen LogP contribution is 2.36. The summed E-state index contributed by atoms with van der Waals surface area (Å²) in [5, 5.41) is 19.5. The predicted molar refractivity (Wildman–Crippen MR) is 108 cm³/mol. The molecule has 2 aliphatic rings. The van der Waals surface area contributed by atoms with Gasteiger partial charge < -0.3 is 24.6 Å². The number of ether oxygens (including phenoxy) is 1. The molecule has 2 aromatic heterocycles. The number of aromatic nitrogens is 4. The van der Waals surface area contributed by atoms with Crippen molar-refractivity contribution in [3.05, 3.63) is 24.3 Å². The molecular formula is C19H22N8O2. The van der Waals surface area contributed by atoms with Crippen molar-refractivity contribution in [2.75, 3.05) is 49.2 Å². The number of H-pyrrole nitrogens is 1. The average Bonchev–Trinajstić information content (AvgIpc) is 3.40. The van der Waals surface area contributed by atoms with E-state index in [9.17, 15) is 5.11 Å². The van der Waals surface area contributed by atoms with Gasteiger partial charge in [-0.15, -0.1) is 10.2 Å².